The molecule has 4 aliphatic rings. The fourth-order valence-electron chi connectivity index (χ4n) is 13.5. The van der Waals surface area contributed by atoms with Crippen molar-refractivity contribution in [3.63, 3.8) is 0 Å². The summed E-state index contributed by atoms with van der Waals surface area (Å²) in [4.78, 5) is 9.39. The molecule has 0 bridgehead atoms. The van der Waals surface area contributed by atoms with Crippen LogP contribution in [0, 0.1) is 5.41 Å². The van der Waals surface area contributed by atoms with Gasteiger partial charge in [0.15, 0.2) is 0 Å². The number of nitrogens with zero attached hydrogens (tertiary/aromatic N) is 3. The van der Waals surface area contributed by atoms with Crippen molar-refractivity contribution in [2.24, 2.45) is 5.41 Å². The minimum absolute atomic E-state index is 0.00668. The zero-order valence-corrected chi connectivity index (χ0v) is 48.5. The lowest BCUT2D eigenvalue weighted by Gasteiger charge is -2.47. The van der Waals surface area contributed by atoms with Crippen LogP contribution in [0.1, 0.15) is 111 Å². The first kappa shape index (κ1) is 51.0. The normalized spacial score (nSPS) is 18.5. The minimum Gasteiger partial charge on any atom is -0.314 e. The molecule has 9 aromatic rings. The molecule has 2 atom stereocenters. The van der Waals surface area contributed by atoms with Gasteiger partial charge in [0, 0.05) is 61.1 Å². The summed E-state index contributed by atoms with van der Waals surface area (Å²) in [5, 5.41) is 0. The van der Waals surface area contributed by atoms with Gasteiger partial charge in [-0.05, 0) is 158 Å². The first-order chi connectivity index (χ1) is 37.9. The number of hydrogen-bond donors (Lipinski definition) is 0. The molecule has 5 heteroatoms. The van der Waals surface area contributed by atoms with E-state index in [1.807, 2.05) is 0 Å². The highest BCUT2D eigenvalue weighted by atomic mass is 32.2. The van der Waals surface area contributed by atoms with Gasteiger partial charge in [0.05, 0.1) is 5.69 Å². The van der Waals surface area contributed by atoms with E-state index in [0.717, 1.165) is 29.2 Å². The lowest BCUT2D eigenvalue weighted by Crippen LogP contribution is -2.56. The number of hydrogen-bond acceptors (Lipinski definition) is 4. The quantitative estimate of drug-likeness (QED) is 0.133. The second kappa shape index (κ2) is 18.8. The Morgan fingerprint density at radius 1 is 0.430 bits per heavy atom. The third-order valence-electron chi connectivity index (χ3n) is 18.5. The highest BCUT2D eigenvalue weighted by Gasteiger charge is 2.62. The molecule has 0 spiro atoms. The van der Waals surface area contributed by atoms with E-state index in [2.05, 4.69) is 314 Å². The van der Waals surface area contributed by atoms with E-state index in [9.17, 15) is 0 Å². The fourth-order valence-corrected chi connectivity index (χ4v) is 15.5. The van der Waals surface area contributed by atoms with Crippen LogP contribution in [0.15, 0.2) is 229 Å². The van der Waals surface area contributed by atoms with Crippen LogP contribution in [0.25, 0.3) is 22.3 Å². The Bertz CT molecular complexity index is 3720. The lowest BCUT2D eigenvalue weighted by molar-refractivity contribution is 0.347. The average molecular weight is 1050 g/mol. The van der Waals surface area contributed by atoms with E-state index in [-0.39, 0.29) is 33.1 Å². The smallest absolute Gasteiger partial charge is 0.259 e. The van der Waals surface area contributed by atoms with Crippen LogP contribution in [-0.4, -0.2) is 11.5 Å². The van der Waals surface area contributed by atoms with Gasteiger partial charge in [0.2, 0.25) is 0 Å². The van der Waals surface area contributed by atoms with E-state index < -0.39 is 0 Å². The van der Waals surface area contributed by atoms with Crippen molar-refractivity contribution in [1.82, 2.24) is 0 Å². The van der Waals surface area contributed by atoms with Crippen LogP contribution < -0.4 is 25.6 Å². The Labute approximate surface area is 475 Å². The van der Waals surface area contributed by atoms with Gasteiger partial charge in [0.1, 0.15) is 0 Å². The van der Waals surface area contributed by atoms with Crippen molar-refractivity contribution in [2.45, 2.75) is 109 Å². The highest BCUT2D eigenvalue weighted by molar-refractivity contribution is 8.07. The Hall–Kier alpha value is -7.47. The van der Waals surface area contributed by atoms with Crippen molar-refractivity contribution in [3.8, 4) is 22.3 Å². The highest BCUT2D eigenvalue weighted by Crippen LogP contribution is 2.69. The van der Waals surface area contributed by atoms with Crippen LogP contribution >= 0.6 is 11.8 Å². The number of benzene rings is 9. The SMILES string of the molecule is CC(C)(C)c1ccc(N(c2ccc(C(C)(C)C)cc2)c2cc3c4c(c2)N(c2ccc(-c5ccccc5)cc2)c2cc(C(C)(C)c5ccccc5)ccc2B4C2=C(N3c3ccc(-c4ccccc4)cc3)C3(C)CCCC3(C)S2)cc1. The predicted molar refractivity (Wildman–Crippen MR) is 341 cm³/mol. The predicted octanol–water partition coefficient (Wildman–Crippen LogP) is 19.4. The standard InChI is InChI=1S/C74H72BN3S/c1-70(2,3)54-31-40-58(41-32-54)76(59-42-33-55(34-43-59)71(4,5)6)62-48-65-67-66(49-62)78(61-38-29-53(30-39-61)51-23-16-12-17-24-51)68-69(79-74(10)46-20-45-73(68,74)9)75(67)63-44-35-57(72(7,8)56-25-18-13-19-26-56)47-64(63)77(65)60-36-27-52(28-37-60)50-21-14-11-15-22-50/h11-19,21-44,47-49H,20,45-46H2,1-10H3. The van der Waals surface area contributed by atoms with Crippen molar-refractivity contribution >= 4 is 74.9 Å². The number of allylic oxidation sites excluding steroid dienone is 1. The summed E-state index contributed by atoms with van der Waals surface area (Å²) in [5.74, 6) is 0. The van der Waals surface area contributed by atoms with Crippen molar-refractivity contribution in [2.75, 3.05) is 14.7 Å². The zero-order valence-electron chi connectivity index (χ0n) is 47.7. The van der Waals surface area contributed by atoms with E-state index in [1.165, 1.54) is 102 Å². The summed E-state index contributed by atoms with van der Waals surface area (Å²) in [7, 11) is 0. The molecular formula is C74H72BN3S. The van der Waals surface area contributed by atoms with Crippen molar-refractivity contribution in [3.05, 3.63) is 251 Å². The molecule has 2 unspecified atom stereocenters. The maximum Gasteiger partial charge on any atom is 0.259 e. The largest absolute Gasteiger partial charge is 0.314 e. The second-order valence-corrected chi connectivity index (χ2v) is 27.3. The Morgan fingerprint density at radius 3 is 1.39 bits per heavy atom. The van der Waals surface area contributed by atoms with Gasteiger partial charge in [-0.25, -0.2) is 0 Å². The Balaban J connectivity index is 1.13. The molecule has 1 saturated carbocycles. The van der Waals surface area contributed by atoms with E-state index in [4.69, 9.17) is 0 Å². The first-order valence-corrected chi connectivity index (χ1v) is 29.5. The van der Waals surface area contributed by atoms with Crippen molar-refractivity contribution in [1.29, 1.82) is 0 Å². The zero-order chi connectivity index (χ0) is 54.6. The third kappa shape index (κ3) is 8.49. The molecule has 3 nitrogen and oxygen atoms in total. The van der Waals surface area contributed by atoms with Crippen LogP contribution in [0.2, 0.25) is 0 Å². The molecule has 0 aromatic heterocycles. The molecule has 13 rings (SSSR count). The molecule has 3 heterocycles. The molecule has 79 heavy (non-hydrogen) atoms. The molecular weight excluding hydrogens is 974 g/mol. The van der Waals surface area contributed by atoms with E-state index in [1.54, 1.807) is 0 Å². The van der Waals surface area contributed by atoms with Gasteiger partial charge in [-0.1, -0.05) is 220 Å². The number of anilines is 8. The molecule has 0 N–H and O–H groups in total. The minimum atomic E-state index is -0.262. The summed E-state index contributed by atoms with van der Waals surface area (Å²) in [5.41, 5.74) is 23.4. The summed E-state index contributed by atoms with van der Waals surface area (Å²) >= 11 is 2.19. The van der Waals surface area contributed by atoms with Gasteiger partial charge in [-0.3, -0.25) is 0 Å². The van der Waals surface area contributed by atoms with Gasteiger partial charge < -0.3 is 14.7 Å². The summed E-state index contributed by atoms with van der Waals surface area (Å²) < 4.78 is 0.0282. The van der Waals surface area contributed by atoms with Crippen molar-refractivity contribution < 1.29 is 0 Å². The van der Waals surface area contributed by atoms with Gasteiger partial charge in [0.25, 0.3) is 6.71 Å². The van der Waals surface area contributed by atoms with Crippen LogP contribution in [0.3, 0.4) is 0 Å². The summed E-state index contributed by atoms with van der Waals surface area (Å²) in [6, 6.07) is 82.9. The first-order valence-electron chi connectivity index (χ1n) is 28.7. The number of rotatable bonds is 9. The van der Waals surface area contributed by atoms with Gasteiger partial charge in [-0.15, -0.1) is 11.8 Å². The molecule has 1 aliphatic carbocycles. The molecule has 9 aromatic carbocycles. The number of fused-ring (bicyclic) bond motifs is 5. The summed E-state index contributed by atoms with van der Waals surface area (Å²) in [6.45, 7) is 23.8. The Kier molecular flexibility index (Phi) is 12.2. The van der Waals surface area contributed by atoms with E-state index >= 15 is 0 Å². The topological polar surface area (TPSA) is 9.72 Å². The molecule has 392 valence electrons. The van der Waals surface area contributed by atoms with Gasteiger partial charge in [-0.2, -0.15) is 0 Å². The van der Waals surface area contributed by atoms with Crippen LogP contribution in [0.4, 0.5) is 45.5 Å². The lowest BCUT2D eigenvalue weighted by atomic mass is 9.36. The summed E-state index contributed by atoms with van der Waals surface area (Å²) in [6.07, 6.45) is 3.54. The van der Waals surface area contributed by atoms with Gasteiger partial charge >= 0.3 is 0 Å². The molecule has 3 aliphatic heterocycles. The van der Waals surface area contributed by atoms with E-state index in [0.29, 0.717) is 0 Å². The molecule has 0 amide bonds. The maximum atomic E-state index is 2.74. The molecule has 1 fully saturated rings. The Morgan fingerprint density at radius 2 is 0.886 bits per heavy atom. The number of thioether (sulfide) groups is 1. The second-order valence-electron chi connectivity index (χ2n) is 25.8. The maximum absolute atomic E-state index is 2.74. The van der Waals surface area contributed by atoms with Crippen LogP contribution in [0.5, 0.6) is 0 Å². The third-order valence-corrected chi connectivity index (χ3v) is 20.2. The average Bonchev–Trinajstić information content (AvgIpc) is 3.58. The van der Waals surface area contributed by atoms with Crippen LogP contribution in [-0.2, 0) is 16.2 Å². The molecule has 0 saturated heterocycles. The fraction of sp³-hybridized carbons (Fsp3) is 0.243. The monoisotopic (exact) mass is 1050 g/mol. The molecule has 0 radical (unpaired) electrons.